The number of nitrogens with one attached hydrogen (secondary N) is 1. The second-order valence-corrected chi connectivity index (χ2v) is 4.55. The van der Waals surface area contributed by atoms with Gasteiger partial charge in [-0.3, -0.25) is 0 Å². The Morgan fingerprint density at radius 2 is 2.06 bits per heavy atom. The van der Waals surface area contributed by atoms with Gasteiger partial charge in [-0.25, -0.2) is 0 Å². The summed E-state index contributed by atoms with van der Waals surface area (Å²) in [5.41, 5.74) is 9.28. The molecular formula is C13H22N2O. The van der Waals surface area contributed by atoms with Crippen LogP contribution in [0.5, 0.6) is 0 Å². The normalized spacial score (nSPS) is 12.9. The maximum atomic E-state index is 8.86. The summed E-state index contributed by atoms with van der Waals surface area (Å²) < 4.78 is 0. The van der Waals surface area contributed by atoms with Crippen molar-refractivity contribution in [2.75, 3.05) is 18.5 Å². The third-order valence-corrected chi connectivity index (χ3v) is 2.72. The molecule has 0 aliphatic carbocycles. The van der Waals surface area contributed by atoms with Gasteiger partial charge in [0.15, 0.2) is 0 Å². The molecule has 0 amide bonds. The van der Waals surface area contributed by atoms with Crippen LogP contribution in [0.2, 0.25) is 0 Å². The molecule has 0 radical (unpaired) electrons. The molecule has 0 saturated heterocycles. The van der Waals surface area contributed by atoms with Crippen LogP contribution < -0.4 is 11.1 Å². The van der Waals surface area contributed by atoms with Crippen molar-refractivity contribution in [2.24, 2.45) is 5.73 Å². The van der Waals surface area contributed by atoms with Gasteiger partial charge in [0.1, 0.15) is 0 Å². The first kappa shape index (κ1) is 13.0. The molecular weight excluding hydrogens is 200 g/mol. The number of aliphatic hydroxyl groups excluding tert-OH is 1. The lowest BCUT2D eigenvalue weighted by atomic mass is 10.0. The van der Waals surface area contributed by atoms with Crippen molar-refractivity contribution < 1.29 is 5.11 Å². The number of hydrogen-bond acceptors (Lipinski definition) is 3. The topological polar surface area (TPSA) is 58.3 Å². The van der Waals surface area contributed by atoms with Crippen molar-refractivity contribution in [1.29, 1.82) is 0 Å². The quantitative estimate of drug-likeness (QED) is 0.712. The third kappa shape index (κ3) is 3.51. The van der Waals surface area contributed by atoms with Crippen LogP contribution in [0.3, 0.4) is 0 Å². The van der Waals surface area contributed by atoms with Gasteiger partial charge in [0, 0.05) is 18.3 Å². The molecule has 0 aliphatic rings. The van der Waals surface area contributed by atoms with Crippen molar-refractivity contribution in [3.05, 3.63) is 29.3 Å². The van der Waals surface area contributed by atoms with E-state index in [-0.39, 0.29) is 12.6 Å². The van der Waals surface area contributed by atoms with Gasteiger partial charge in [-0.2, -0.15) is 0 Å². The number of hydrogen-bond donors (Lipinski definition) is 3. The van der Waals surface area contributed by atoms with E-state index in [1.54, 1.807) is 0 Å². The first-order valence-electron chi connectivity index (χ1n) is 5.75. The van der Waals surface area contributed by atoms with Crippen LogP contribution in [0, 0.1) is 6.92 Å². The zero-order valence-corrected chi connectivity index (χ0v) is 10.3. The van der Waals surface area contributed by atoms with Crippen LogP contribution >= 0.6 is 0 Å². The summed E-state index contributed by atoms with van der Waals surface area (Å²) in [6, 6.07) is 6.21. The Kier molecular flexibility index (Phi) is 4.77. The smallest absolute Gasteiger partial charge is 0.0599 e. The van der Waals surface area contributed by atoms with Gasteiger partial charge >= 0.3 is 0 Å². The Bertz CT molecular complexity index is 337. The highest BCUT2D eigenvalue weighted by atomic mass is 16.3. The highest BCUT2D eigenvalue weighted by Gasteiger charge is 2.05. The number of aliphatic hydroxyl groups is 1. The molecule has 0 fully saturated rings. The first-order valence-corrected chi connectivity index (χ1v) is 5.75. The van der Waals surface area contributed by atoms with E-state index in [1.165, 1.54) is 11.1 Å². The molecule has 1 aromatic rings. The van der Waals surface area contributed by atoms with E-state index < -0.39 is 0 Å². The molecule has 1 rings (SSSR count). The molecule has 0 saturated carbocycles. The van der Waals surface area contributed by atoms with Crippen LogP contribution in [0.25, 0.3) is 0 Å². The number of nitrogens with two attached hydrogens (primary N) is 1. The van der Waals surface area contributed by atoms with E-state index in [0.717, 1.165) is 5.69 Å². The van der Waals surface area contributed by atoms with Crippen LogP contribution in [0.4, 0.5) is 5.69 Å². The standard InChI is InChI=1S/C13H22N2O/c1-9(2)11-5-4-10(3)13(6-11)15-7-12(14)8-16/h4-6,9,12,15-16H,7-8,14H2,1-3H3. The van der Waals surface area contributed by atoms with Gasteiger partial charge in [0.05, 0.1) is 6.61 Å². The maximum absolute atomic E-state index is 8.86. The Morgan fingerprint density at radius 1 is 1.38 bits per heavy atom. The summed E-state index contributed by atoms with van der Waals surface area (Å²) in [6.45, 7) is 7.02. The highest BCUT2D eigenvalue weighted by Crippen LogP contribution is 2.22. The Morgan fingerprint density at radius 3 is 2.62 bits per heavy atom. The Hall–Kier alpha value is -1.06. The van der Waals surface area contributed by atoms with E-state index >= 15 is 0 Å². The van der Waals surface area contributed by atoms with Crippen molar-refractivity contribution in [3.63, 3.8) is 0 Å². The fourth-order valence-electron chi connectivity index (χ4n) is 1.49. The van der Waals surface area contributed by atoms with Crippen molar-refractivity contribution in [3.8, 4) is 0 Å². The van der Waals surface area contributed by atoms with Gasteiger partial charge in [-0.05, 0) is 30.0 Å². The Balaban J connectivity index is 2.74. The molecule has 1 unspecified atom stereocenters. The van der Waals surface area contributed by atoms with Gasteiger partial charge in [-0.15, -0.1) is 0 Å². The minimum Gasteiger partial charge on any atom is -0.395 e. The van der Waals surface area contributed by atoms with Crippen LogP contribution in [0.1, 0.15) is 30.9 Å². The first-order chi connectivity index (χ1) is 7.54. The molecule has 0 heterocycles. The predicted molar refractivity (Wildman–Crippen MR) is 68.8 cm³/mol. The fraction of sp³-hybridized carbons (Fsp3) is 0.538. The summed E-state index contributed by atoms with van der Waals surface area (Å²) in [4.78, 5) is 0. The van der Waals surface area contributed by atoms with E-state index in [1.807, 2.05) is 0 Å². The summed E-state index contributed by atoms with van der Waals surface area (Å²) >= 11 is 0. The number of aryl methyl sites for hydroxylation is 1. The molecule has 1 atom stereocenters. The summed E-state index contributed by atoms with van der Waals surface area (Å²) in [7, 11) is 0. The highest BCUT2D eigenvalue weighted by molar-refractivity contribution is 5.53. The van der Waals surface area contributed by atoms with E-state index in [2.05, 4.69) is 44.3 Å². The van der Waals surface area contributed by atoms with Crippen LogP contribution in [0.15, 0.2) is 18.2 Å². The van der Waals surface area contributed by atoms with Gasteiger partial charge < -0.3 is 16.2 Å². The zero-order chi connectivity index (χ0) is 12.1. The lowest BCUT2D eigenvalue weighted by Crippen LogP contribution is -2.32. The number of benzene rings is 1. The molecule has 0 bridgehead atoms. The van der Waals surface area contributed by atoms with Crippen LogP contribution in [-0.4, -0.2) is 24.3 Å². The lowest BCUT2D eigenvalue weighted by Gasteiger charge is -2.15. The molecule has 1 aromatic carbocycles. The monoisotopic (exact) mass is 222 g/mol. The number of anilines is 1. The summed E-state index contributed by atoms with van der Waals surface area (Å²) in [5.74, 6) is 0.521. The molecule has 0 spiro atoms. The summed E-state index contributed by atoms with van der Waals surface area (Å²) in [5, 5.41) is 12.1. The number of rotatable bonds is 5. The lowest BCUT2D eigenvalue weighted by molar-refractivity contribution is 0.270. The predicted octanol–water partition coefficient (Wildman–Crippen LogP) is 1.85. The maximum Gasteiger partial charge on any atom is 0.0599 e. The molecule has 3 nitrogen and oxygen atoms in total. The molecule has 90 valence electrons. The van der Waals surface area contributed by atoms with Crippen molar-refractivity contribution in [1.82, 2.24) is 0 Å². The third-order valence-electron chi connectivity index (χ3n) is 2.72. The second kappa shape index (κ2) is 5.87. The molecule has 16 heavy (non-hydrogen) atoms. The largest absolute Gasteiger partial charge is 0.395 e. The second-order valence-electron chi connectivity index (χ2n) is 4.55. The zero-order valence-electron chi connectivity index (χ0n) is 10.3. The minimum absolute atomic E-state index is 0.00984. The van der Waals surface area contributed by atoms with Gasteiger partial charge in [-0.1, -0.05) is 26.0 Å². The Labute approximate surface area is 97.7 Å². The van der Waals surface area contributed by atoms with E-state index in [9.17, 15) is 0 Å². The SMILES string of the molecule is Cc1ccc(C(C)C)cc1NCC(N)CO. The molecule has 3 heteroatoms. The van der Waals surface area contributed by atoms with E-state index in [0.29, 0.717) is 12.5 Å². The van der Waals surface area contributed by atoms with E-state index in [4.69, 9.17) is 10.8 Å². The minimum atomic E-state index is -0.206. The molecule has 0 aromatic heterocycles. The van der Waals surface area contributed by atoms with Crippen molar-refractivity contribution in [2.45, 2.75) is 32.7 Å². The van der Waals surface area contributed by atoms with Crippen molar-refractivity contribution >= 4 is 5.69 Å². The fourth-order valence-corrected chi connectivity index (χ4v) is 1.49. The summed E-state index contributed by atoms with van der Waals surface area (Å²) in [6.07, 6.45) is 0. The van der Waals surface area contributed by atoms with Gasteiger partial charge in [0.2, 0.25) is 0 Å². The average Bonchev–Trinajstić information content (AvgIpc) is 2.27. The average molecular weight is 222 g/mol. The van der Waals surface area contributed by atoms with Gasteiger partial charge in [0.25, 0.3) is 0 Å². The molecule has 0 aliphatic heterocycles. The van der Waals surface area contributed by atoms with Crippen LogP contribution in [-0.2, 0) is 0 Å². The molecule has 4 N–H and O–H groups in total.